The summed E-state index contributed by atoms with van der Waals surface area (Å²) in [4.78, 5) is 32.5. The first-order valence-electron chi connectivity index (χ1n) is 9.45. The van der Waals surface area contributed by atoms with E-state index in [0.29, 0.717) is 19.4 Å². The van der Waals surface area contributed by atoms with E-state index in [4.69, 9.17) is 0 Å². The summed E-state index contributed by atoms with van der Waals surface area (Å²) < 4.78 is 0. The van der Waals surface area contributed by atoms with E-state index in [1.54, 1.807) is 4.90 Å². The van der Waals surface area contributed by atoms with Crippen LogP contribution in [0.1, 0.15) is 31.2 Å². The van der Waals surface area contributed by atoms with E-state index in [-0.39, 0.29) is 23.9 Å². The third-order valence-corrected chi connectivity index (χ3v) is 5.71. The van der Waals surface area contributed by atoms with Gasteiger partial charge in [-0.15, -0.1) is 0 Å². The molecule has 2 fully saturated rings. The van der Waals surface area contributed by atoms with E-state index >= 15 is 0 Å². The molecule has 2 aliphatic heterocycles. The molecule has 0 aliphatic carbocycles. The van der Waals surface area contributed by atoms with Crippen LogP contribution in [-0.4, -0.2) is 58.8 Å². The molecule has 0 bridgehead atoms. The average molecular weight is 354 g/mol. The zero-order valence-electron chi connectivity index (χ0n) is 15.2. The van der Waals surface area contributed by atoms with Crippen LogP contribution < -0.4 is 5.32 Å². The van der Waals surface area contributed by atoms with Crippen molar-refractivity contribution in [2.24, 2.45) is 0 Å². The molecule has 2 N–H and O–H groups in total. The molecule has 1 unspecified atom stereocenters. The van der Waals surface area contributed by atoms with Gasteiger partial charge in [0.05, 0.1) is 0 Å². The summed E-state index contributed by atoms with van der Waals surface area (Å²) in [5.74, 6) is 0.0732. The van der Waals surface area contributed by atoms with E-state index in [1.165, 1.54) is 0 Å². The molecule has 6 nitrogen and oxygen atoms in total. The lowest BCUT2D eigenvalue weighted by Gasteiger charge is -2.31. The maximum absolute atomic E-state index is 12.8. The van der Waals surface area contributed by atoms with Crippen LogP contribution in [0, 0.1) is 0 Å². The van der Waals surface area contributed by atoms with Crippen molar-refractivity contribution < 1.29 is 9.59 Å². The molecule has 138 valence electrons. The fraction of sp³-hybridized carbons (Fsp3) is 0.500. The fourth-order valence-electron chi connectivity index (χ4n) is 4.10. The Kier molecular flexibility index (Phi) is 4.68. The Labute approximate surface area is 153 Å². The van der Waals surface area contributed by atoms with Crippen LogP contribution >= 0.6 is 0 Å². The Morgan fingerprint density at radius 1 is 1.23 bits per heavy atom. The zero-order valence-corrected chi connectivity index (χ0v) is 15.2. The van der Waals surface area contributed by atoms with E-state index in [2.05, 4.69) is 28.3 Å². The lowest BCUT2D eigenvalue weighted by molar-refractivity contribution is -0.136. The Balaban J connectivity index is 1.46. The van der Waals surface area contributed by atoms with Crippen molar-refractivity contribution in [2.45, 2.75) is 44.3 Å². The highest BCUT2D eigenvalue weighted by molar-refractivity contribution is 5.91. The van der Waals surface area contributed by atoms with Gasteiger partial charge >= 0.3 is 0 Å². The van der Waals surface area contributed by atoms with Gasteiger partial charge < -0.3 is 20.1 Å². The van der Waals surface area contributed by atoms with Crippen molar-refractivity contribution in [1.29, 1.82) is 0 Å². The van der Waals surface area contributed by atoms with Gasteiger partial charge in [0.15, 0.2) is 0 Å². The van der Waals surface area contributed by atoms with E-state index < -0.39 is 0 Å². The first-order chi connectivity index (χ1) is 12.6. The van der Waals surface area contributed by atoms with Crippen LogP contribution in [0.25, 0.3) is 10.9 Å². The van der Waals surface area contributed by atoms with Crippen LogP contribution in [0.2, 0.25) is 0 Å². The van der Waals surface area contributed by atoms with Gasteiger partial charge in [0.2, 0.25) is 11.8 Å². The topological polar surface area (TPSA) is 68.4 Å². The molecule has 4 rings (SSSR count). The third kappa shape index (κ3) is 3.33. The normalized spacial score (nSPS) is 22.3. The fourth-order valence-corrected chi connectivity index (χ4v) is 4.10. The number of hydrogen-bond acceptors (Lipinski definition) is 3. The number of amides is 2. The average Bonchev–Trinajstić information content (AvgIpc) is 3.22. The van der Waals surface area contributed by atoms with Crippen LogP contribution in [0.4, 0.5) is 0 Å². The largest absolute Gasteiger partial charge is 0.361 e. The number of carbonyl (C=O) groups excluding carboxylic acids is 2. The highest BCUT2D eigenvalue weighted by Crippen LogP contribution is 2.26. The number of nitrogens with one attached hydrogen (secondary N) is 2. The summed E-state index contributed by atoms with van der Waals surface area (Å²) in [5.41, 5.74) is 2.12. The first kappa shape index (κ1) is 17.1. The smallest absolute Gasteiger partial charge is 0.243 e. The first-order valence-corrected chi connectivity index (χ1v) is 9.45. The maximum atomic E-state index is 12.8. The van der Waals surface area contributed by atoms with Crippen molar-refractivity contribution in [3.63, 3.8) is 0 Å². The number of nitrogens with zero attached hydrogens (tertiary/aromatic N) is 2. The molecule has 1 aromatic carbocycles. The number of para-hydroxylation sites is 1. The van der Waals surface area contributed by atoms with Crippen molar-refractivity contribution >= 4 is 22.7 Å². The van der Waals surface area contributed by atoms with Crippen LogP contribution in [0.15, 0.2) is 30.5 Å². The molecular formula is C20H26N4O2. The third-order valence-electron chi connectivity index (χ3n) is 5.71. The molecule has 0 saturated carbocycles. The summed E-state index contributed by atoms with van der Waals surface area (Å²) in [7, 11) is 2.11. The second kappa shape index (κ2) is 7.11. The van der Waals surface area contributed by atoms with Crippen molar-refractivity contribution in [1.82, 2.24) is 20.1 Å². The summed E-state index contributed by atoms with van der Waals surface area (Å²) >= 11 is 0. The van der Waals surface area contributed by atoms with Gasteiger partial charge in [0, 0.05) is 36.1 Å². The summed E-state index contributed by atoms with van der Waals surface area (Å²) in [6, 6.07) is 7.93. The molecular weight excluding hydrogens is 328 g/mol. The zero-order chi connectivity index (χ0) is 18.1. The number of aromatic nitrogens is 1. The summed E-state index contributed by atoms with van der Waals surface area (Å²) in [6.45, 7) is 2.50. The molecule has 2 aromatic rings. The van der Waals surface area contributed by atoms with Crippen molar-refractivity contribution in [3.8, 4) is 0 Å². The SMILES string of the molecule is CN1CCC(NC(=O)C2CCC(=O)N2Cc2c[nH]c3ccccc23)CC1. The lowest BCUT2D eigenvalue weighted by atomic mass is 10.0. The van der Waals surface area contributed by atoms with Crippen molar-refractivity contribution in [2.75, 3.05) is 20.1 Å². The van der Waals surface area contributed by atoms with E-state index in [9.17, 15) is 9.59 Å². The molecule has 2 amide bonds. The molecule has 2 aliphatic rings. The Bertz CT molecular complexity index is 807. The number of hydrogen-bond donors (Lipinski definition) is 2. The van der Waals surface area contributed by atoms with Crippen LogP contribution in [0.5, 0.6) is 0 Å². The van der Waals surface area contributed by atoms with Crippen LogP contribution in [0.3, 0.4) is 0 Å². The number of likely N-dealkylation sites (tertiary alicyclic amines) is 2. The van der Waals surface area contributed by atoms with Gasteiger partial charge in [-0.25, -0.2) is 0 Å². The molecule has 0 spiro atoms. The highest BCUT2D eigenvalue weighted by Gasteiger charge is 2.37. The standard InChI is InChI=1S/C20H26N4O2/c1-23-10-8-15(9-11-23)22-20(26)18-6-7-19(25)24(18)13-14-12-21-17-5-3-2-4-16(14)17/h2-5,12,15,18,21H,6-11,13H2,1H3,(H,22,26). The second-order valence-corrected chi connectivity index (χ2v) is 7.52. The van der Waals surface area contributed by atoms with E-state index in [0.717, 1.165) is 42.4 Å². The molecule has 3 heterocycles. The van der Waals surface area contributed by atoms with Gasteiger partial charge in [-0.3, -0.25) is 9.59 Å². The number of H-pyrrole nitrogens is 1. The quantitative estimate of drug-likeness (QED) is 0.881. The van der Waals surface area contributed by atoms with E-state index in [1.807, 2.05) is 24.4 Å². The number of piperidine rings is 1. The number of fused-ring (bicyclic) bond motifs is 1. The van der Waals surface area contributed by atoms with Gasteiger partial charge in [-0.2, -0.15) is 0 Å². The number of aromatic amines is 1. The summed E-state index contributed by atoms with van der Waals surface area (Å²) in [5, 5.41) is 4.29. The predicted octanol–water partition coefficient (Wildman–Crippen LogP) is 1.87. The molecule has 0 radical (unpaired) electrons. The Morgan fingerprint density at radius 2 is 2.00 bits per heavy atom. The second-order valence-electron chi connectivity index (χ2n) is 7.52. The minimum atomic E-state index is -0.351. The van der Waals surface area contributed by atoms with Gasteiger partial charge in [0.25, 0.3) is 0 Å². The van der Waals surface area contributed by atoms with Crippen molar-refractivity contribution in [3.05, 3.63) is 36.0 Å². The minimum Gasteiger partial charge on any atom is -0.361 e. The molecule has 1 aromatic heterocycles. The molecule has 6 heteroatoms. The minimum absolute atomic E-state index is 0.00486. The highest BCUT2D eigenvalue weighted by atomic mass is 16.2. The molecule has 2 saturated heterocycles. The Morgan fingerprint density at radius 3 is 2.81 bits per heavy atom. The molecule has 1 atom stereocenters. The number of benzene rings is 1. The predicted molar refractivity (Wildman–Crippen MR) is 101 cm³/mol. The maximum Gasteiger partial charge on any atom is 0.243 e. The number of carbonyl (C=O) groups is 2. The van der Waals surface area contributed by atoms with Gasteiger partial charge in [-0.1, -0.05) is 18.2 Å². The van der Waals surface area contributed by atoms with Gasteiger partial charge in [-0.05, 0) is 51.0 Å². The summed E-state index contributed by atoms with van der Waals surface area (Å²) in [6.07, 6.45) is 4.96. The monoisotopic (exact) mass is 354 g/mol. The number of rotatable bonds is 4. The van der Waals surface area contributed by atoms with Gasteiger partial charge in [0.1, 0.15) is 6.04 Å². The van der Waals surface area contributed by atoms with Crippen LogP contribution in [-0.2, 0) is 16.1 Å². The molecule has 26 heavy (non-hydrogen) atoms. The lowest BCUT2D eigenvalue weighted by Crippen LogP contribution is -2.50. The Hall–Kier alpha value is -2.34.